The summed E-state index contributed by atoms with van der Waals surface area (Å²) >= 11 is 1.97. The van der Waals surface area contributed by atoms with E-state index in [-0.39, 0.29) is 0 Å². The van der Waals surface area contributed by atoms with Gasteiger partial charge in [-0.15, -0.1) is 0 Å². The number of hydrogen-bond donors (Lipinski definition) is 1. The molecule has 0 radical (unpaired) electrons. The van der Waals surface area contributed by atoms with Gasteiger partial charge < -0.3 is 9.72 Å². The molecule has 0 saturated heterocycles. The van der Waals surface area contributed by atoms with E-state index in [1.54, 1.807) is 0 Å². The van der Waals surface area contributed by atoms with Gasteiger partial charge in [0.05, 0.1) is 5.69 Å². The molecule has 2 aromatic rings. The Bertz CT molecular complexity index is 433. The molecule has 92 valence electrons. The molecule has 0 aliphatic heterocycles. The van der Waals surface area contributed by atoms with Gasteiger partial charge in [-0.1, -0.05) is 13.0 Å². The predicted octanol–water partition coefficient (Wildman–Crippen LogP) is 2.57. The van der Waals surface area contributed by atoms with Crippen molar-refractivity contribution in [2.75, 3.05) is 11.5 Å². The molecule has 1 unspecified atom stereocenters. The van der Waals surface area contributed by atoms with E-state index in [0.29, 0.717) is 6.04 Å². The molecule has 0 aromatic carbocycles. The molecule has 17 heavy (non-hydrogen) atoms. The smallest absolute Gasteiger partial charge is 0.137 e. The fourth-order valence-corrected chi connectivity index (χ4v) is 2.41. The lowest BCUT2D eigenvalue weighted by molar-refractivity contribution is 0.590. The molecule has 1 atom stereocenters. The Morgan fingerprint density at radius 1 is 1.47 bits per heavy atom. The predicted molar refractivity (Wildman–Crippen MR) is 74.5 cm³/mol. The van der Waals surface area contributed by atoms with E-state index in [1.807, 2.05) is 36.2 Å². The van der Waals surface area contributed by atoms with Gasteiger partial charge in [-0.2, -0.15) is 11.8 Å². The lowest BCUT2D eigenvalue weighted by atomic mass is 10.3. The highest BCUT2D eigenvalue weighted by molar-refractivity contribution is 7.99. The molecular formula is C13H19N3S. The van der Waals surface area contributed by atoms with Crippen LogP contribution in [0.3, 0.4) is 0 Å². The second-order valence-electron chi connectivity index (χ2n) is 4.14. The number of rotatable bonds is 6. The van der Waals surface area contributed by atoms with E-state index in [0.717, 1.165) is 23.6 Å². The average molecular weight is 249 g/mol. The Morgan fingerprint density at radius 2 is 2.35 bits per heavy atom. The number of imidazole rings is 1. The number of hydrogen-bond acceptors (Lipinski definition) is 3. The van der Waals surface area contributed by atoms with Gasteiger partial charge in [-0.3, -0.25) is 0 Å². The van der Waals surface area contributed by atoms with Crippen LogP contribution in [0.4, 0.5) is 0 Å². The molecule has 2 rings (SSSR count). The lowest BCUT2D eigenvalue weighted by Crippen LogP contribution is -2.27. The van der Waals surface area contributed by atoms with Crippen LogP contribution in [0.15, 0.2) is 30.6 Å². The summed E-state index contributed by atoms with van der Waals surface area (Å²) in [6.45, 7) is 5.26. The second kappa shape index (κ2) is 6.07. The number of nitrogens with one attached hydrogen (secondary N) is 1. The molecule has 0 fully saturated rings. The Labute approximate surface area is 107 Å². The zero-order valence-corrected chi connectivity index (χ0v) is 11.2. The van der Waals surface area contributed by atoms with Gasteiger partial charge in [0.15, 0.2) is 0 Å². The van der Waals surface area contributed by atoms with E-state index < -0.39 is 0 Å². The Balaban J connectivity index is 1.90. The topological polar surface area (TPSA) is 29.3 Å². The summed E-state index contributed by atoms with van der Waals surface area (Å²) in [6.07, 6.45) is 4.12. The van der Waals surface area contributed by atoms with Crippen molar-refractivity contribution >= 4 is 17.4 Å². The van der Waals surface area contributed by atoms with Crippen LogP contribution in [-0.4, -0.2) is 26.9 Å². The van der Waals surface area contributed by atoms with Crippen molar-refractivity contribution < 1.29 is 0 Å². The third kappa shape index (κ3) is 3.48. The van der Waals surface area contributed by atoms with Gasteiger partial charge in [0, 0.05) is 30.7 Å². The summed E-state index contributed by atoms with van der Waals surface area (Å²) in [5.41, 5.74) is 2.12. The van der Waals surface area contributed by atoms with Crippen LogP contribution in [0.1, 0.15) is 19.5 Å². The van der Waals surface area contributed by atoms with Crippen LogP contribution in [-0.2, 0) is 6.54 Å². The van der Waals surface area contributed by atoms with Crippen molar-refractivity contribution in [3.63, 3.8) is 0 Å². The normalized spacial score (nSPS) is 13.1. The van der Waals surface area contributed by atoms with Crippen LogP contribution in [0.5, 0.6) is 0 Å². The van der Waals surface area contributed by atoms with Crippen molar-refractivity contribution in [2.24, 2.45) is 0 Å². The SMILES string of the molecule is CCSCC(C)NCc1cn2ccccc2n1. The van der Waals surface area contributed by atoms with E-state index in [2.05, 4.69) is 34.7 Å². The third-order valence-electron chi connectivity index (χ3n) is 2.62. The molecule has 2 aromatic heterocycles. The summed E-state index contributed by atoms with van der Waals surface area (Å²) in [4.78, 5) is 4.56. The molecule has 2 heterocycles. The van der Waals surface area contributed by atoms with Crippen LogP contribution in [0, 0.1) is 0 Å². The summed E-state index contributed by atoms with van der Waals surface area (Å²) < 4.78 is 2.06. The van der Waals surface area contributed by atoms with Gasteiger partial charge in [-0.25, -0.2) is 4.98 Å². The molecular weight excluding hydrogens is 230 g/mol. The van der Waals surface area contributed by atoms with Gasteiger partial charge in [0.1, 0.15) is 5.65 Å². The maximum atomic E-state index is 4.56. The number of aromatic nitrogens is 2. The maximum Gasteiger partial charge on any atom is 0.137 e. The monoisotopic (exact) mass is 249 g/mol. The molecule has 0 aliphatic rings. The fourth-order valence-electron chi connectivity index (χ4n) is 1.70. The summed E-state index contributed by atoms with van der Waals surface area (Å²) in [7, 11) is 0. The number of pyridine rings is 1. The first-order valence-corrected chi connectivity index (χ1v) is 7.19. The number of nitrogens with zero attached hydrogens (tertiary/aromatic N) is 2. The highest BCUT2D eigenvalue weighted by atomic mass is 32.2. The van der Waals surface area contributed by atoms with E-state index in [4.69, 9.17) is 0 Å². The van der Waals surface area contributed by atoms with Crippen molar-refractivity contribution in [3.05, 3.63) is 36.3 Å². The zero-order chi connectivity index (χ0) is 12.1. The summed E-state index contributed by atoms with van der Waals surface area (Å²) in [5, 5.41) is 3.50. The van der Waals surface area contributed by atoms with Crippen LogP contribution < -0.4 is 5.32 Å². The lowest BCUT2D eigenvalue weighted by Gasteiger charge is -2.11. The molecule has 0 amide bonds. The minimum Gasteiger partial charge on any atom is -0.308 e. The first kappa shape index (κ1) is 12.5. The number of fused-ring (bicyclic) bond motifs is 1. The van der Waals surface area contributed by atoms with E-state index >= 15 is 0 Å². The fraction of sp³-hybridized carbons (Fsp3) is 0.462. The third-order valence-corrected chi connectivity index (χ3v) is 3.76. The summed E-state index contributed by atoms with van der Waals surface area (Å²) in [5.74, 6) is 2.34. The standard InChI is InChI=1S/C13H19N3S/c1-3-17-10-11(2)14-8-12-9-16-7-5-4-6-13(16)15-12/h4-7,9,11,14H,3,8,10H2,1-2H3. The second-order valence-corrected chi connectivity index (χ2v) is 5.46. The average Bonchev–Trinajstić information content (AvgIpc) is 2.76. The quantitative estimate of drug-likeness (QED) is 0.853. The van der Waals surface area contributed by atoms with Crippen molar-refractivity contribution in [1.82, 2.24) is 14.7 Å². The van der Waals surface area contributed by atoms with Crippen LogP contribution >= 0.6 is 11.8 Å². The first-order valence-electron chi connectivity index (χ1n) is 6.03. The summed E-state index contributed by atoms with van der Waals surface area (Å²) in [6, 6.07) is 6.59. The largest absolute Gasteiger partial charge is 0.308 e. The zero-order valence-electron chi connectivity index (χ0n) is 10.4. The Kier molecular flexibility index (Phi) is 4.45. The number of thioether (sulfide) groups is 1. The van der Waals surface area contributed by atoms with Gasteiger partial charge in [0.25, 0.3) is 0 Å². The Morgan fingerprint density at radius 3 is 3.12 bits per heavy atom. The molecule has 4 heteroatoms. The van der Waals surface area contributed by atoms with Gasteiger partial charge in [0.2, 0.25) is 0 Å². The molecule has 0 saturated carbocycles. The molecule has 1 N–H and O–H groups in total. The van der Waals surface area contributed by atoms with Crippen molar-refractivity contribution in [3.8, 4) is 0 Å². The molecule has 0 spiro atoms. The maximum absolute atomic E-state index is 4.56. The van der Waals surface area contributed by atoms with Crippen molar-refractivity contribution in [1.29, 1.82) is 0 Å². The van der Waals surface area contributed by atoms with Crippen molar-refractivity contribution in [2.45, 2.75) is 26.4 Å². The van der Waals surface area contributed by atoms with Gasteiger partial charge >= 0.3 is 0 Å². The minimum absolute atomic E-state index is 0.532. The highest BCUT2D eigenvalue weighted by Crippen LogP contribution is 2.06. The first-order chi connectivity index (χ1) is 8.29. The molecule has 0 bridgehead atoms. The molecule has 3 nitrogen and oxygen atoms in total. The van der Waals surface area contributed by atoms with Gasteiger partial charge in [-0.05, 0) is 24.8 Å². The molecule has 0 aliphatic carbocycles. The minimum atomic E-state index is 0.532. The van der Waals surface area contributed by atoms with Crippen LogP contribution in [0.25, 0.3) is 5.65 Å². The van der Waals surface area contributed by atoms with E-state index in [1.165, 1.54) is 5.75 Å². The Hall–Kier alpha value is -1.00. The van der Waals surface area contributed by atoms with Crippen LogP contribution in [0.2, 0.25) is 0 Å². The highest BCUT2D eigenvalue weighted by Gasteiger charge is 2.04. The van der Waals surface area contributed by atoms with E-state index in [9.17, 15) is 0 Å².